The van der Waals surface area contributed by atoms with E-state index in [1.165, 1.54) is 20.0 Å². The fourth-order valence-corrected chi connectivity index (χ4v) is 2.46. The monoisotopic (exact) mass is 284 g/mol. The minimum atomic E-state index is -0.276. The molecule has 0 spiro atoms. The molecule has 1 amide bonds. The van der Waals surface area contributed by atoms with Gasteiger partial charge in [0.25, 0.3) is 0 Å². The molecule has 116 valence electrons. The fourth-order valence-electron chi connectivity index (χ4n) is 2.46. The number of ether oxygens (including phenoxy) is 1. The first-order valence-electron chi connectivity index (χ1n) is 7.54. The van der Waals surface area contributed by atoms with Crippen LogP contribution in [-0.4, -0.2) is 49.1 Å². The highest BCUT2D eigenvalue weighted by Gasteiger charge is 2.26. The number of nitrogens with one attached hydrogen (secondary N) is 1. The molecular formula is C15H28N2O3. The van der Waals surface area contributed by atoms with Gasteiger partial charge in [0.05, 0.1) is 20.2 Å². The molecule has 0 aliphatic heterocycles. The number of amides is 1. The molecule has 5 heteroatoms. The molecule has 1 fully saturated rings. The van der Waals surface area contributed by atoms with Gasteiger partial charge in [-0.3, -0.25) is 14.5 Å². The molecule has 0 aromatic rings. The Balaban J connectivity index is 2.54. The van der Waals surface area contributed by atoms with Crippen molar-refractivity contribution in [1.29, 1.82) is 0 Å². The Morgan fingerprint density at radius 3 is 2.30 bits per heavy atom. The molecule has 1 saturated carbocycles. The van der Waals surface area contributed by atoms with E-state index < -0.39 is 0 Å². The molecule has 0 aromatic heterocycles. The molecule has 5 nitrogen and oxygen atoms in total. The van der Waals surface area contributed by atoms with Crippen LogP contribution in [0, 0.1) is 5.92 Å². The zero-order valence-electron chi connectivity index (χ0n) is 13.1. The molecule has 1 N–H and O–H groups in total. The van der Waals surface area contributed by atoms with E-state index in [9.17, 15) is 9.59 Å². The standard InChI is InChI=1S/C15H28N2O3/c1-11(2)12(3)16-14(18)9-17(10-15(19)20-4)13-7-5-6-8-13/h11-13H,5-10H2,1-4H3,(H,16,18). The maximum atomic E-state index is 12.1. The van der Waals surface area contributed by atoms with Crippen molar-refractivity contribution in [1.82, 2.24) is 10.2 Å². The first kappa shape index (κ1) is 17.0. The number of rotatable bonds is 7. The molecule has 1 aliphatic carbocycles. The van der Waals surface area contributed by atoms with Crippen molar-refractivity contribution in [3.63, 3.8) is 0 Å². The van der Waals surface area contributed by atoms with Crippen molar-refractivity contribution >= 4 is 11.9 Å². The number of hydrogen-bond acceptors (Lipinski definition) is 4. The number of hydrogen-bond donors (Lipinski definition) is 1. The van der Waals surface area contributed by atoms with Gasteiger partial charge in [0.2, 0.25) is 5.91 Å². The zero-order chi connectivity index (χ0) is 15.1. The third-order valence-corrected chi connectivity index (χ3v) is 4.14. The van der Waals surface area contributed by atoms with Crippen molar-refractivity contribution in [2.45, 2.75) is 58.5 Å². The summed E-state index contributed by atoms with van der Waals surface area (Å²) >= 11 is 0. The van der Waals surface area contributed by atoms with E-state index in [0.29, 0.717) is 12.0 Å². The topological polar surface area (TPSA) is 58.6 Å². The van der Waals surface area contributed by atoms with E-state index in [1.807, 2.05) is 11.8 Å². The molecule has 0 bridgehead atoms. The highest BCUT2D eigenvalue weighted by molar-refractivity contribution is 5.79. The minimum absolute atomic E-state index is 0.0120. The van der Waals surface area contributed by atoms with Crippen LogP contribution in [0.25, 0.3) is 0 Å². The second-order valence-electron chi connectivity index (χ2n) is 6.02. The van der Waals surface area contributed by atoms with Crippen molar-refractivity contribution in [3.8, 4) is 0 Å². The van der Waals surface area contributed by atoms with Gasteiger partial charge in [-0.05, 0) is 25.7 Å². The van der Waals surface area contributed by atoms with E-state index in [0.717, 1.165) is 12.8 Å². The lowest BCUT2D eigenvalue weighted by atomic mass is 10.1. The summed E-state index contributed by atoms with van der Waals surface area (Å²) in [4.78, 5) is 25.5. The Morgan fingerprint density at radius 2 is 1.80 bits per heavy atom. The molecule has 0 saturated heterocycles. The Labute approximate surface area is 122 Å². The Morgan fingerprint density at radius 1 is 1.20 bits per heavy atom. The first-order valence-corrected chi connectivity index (χ1v) is 7.54. The van der Waals surface area contributed by atoms with E-state index in [1.54, 1.807) is 0 Å². The number of carbonyl (C=O) groups is 2. The van der Waals surface area contributed by atoms with Gasteiger partial charge in [0.15, 0.2) is 0 Å². The molecule has 0 radical (unpaired) electrons. The fraction of sp³-hybridized carbons (Fsp3) is 0.867. The van der Waals surface area contributed by atoms with E-state index >= 15 is 0 Å². The van der Waals surface area contributed by atoms with Crippen LogP contribution in [-0.2, 0) is 14.3 Å². The first-order chi connectivity index (χ1) is 9.43. The summed E-state index contributed by atoms with van der Waals surface area (Å²) < 4.78 is 4.73. The van der Waals surface area contributed by atoms with Crippen LogP contribution in [0.5, 0.6) is 0 Å². The van der Waals surface area contributed by atoms with Crippen LogP contribution in [0.15, 0.2) is 0 Å². The maximum Gasteiger partial charge on any atom is 0.319 e. The van der Waals surface area contributed by atoms with Crippen LogP contribution in [0.1, 0.15) is 46.5 Å². The second-order valence-corrected chi connectivity index (χ2v) is 6.02. The number of esters is 1. The summed E-state index contributed by atoms with van der Waals surface area (Å²) in [6, 6.07) is 0.472. The third kappa shape index (κ3) is 5.49. The summed E-state index contributed by atoms with van der Waals surface area (Å²) in [6.45, 7) is 6.63. The summed E-state index contributed by atoms with van der Waals surface area (Å²) in [5.74, 6) is 0.114. The smallest absolute Gasteiger partial charge is 0.319 e. The Hall–Kier alpha value is -1.10. The Bertz CT molecular complexity index is 325. The van der Waals surface area contributed by atoms with Gasteiger partial charge in [-0.15, -0.1) is 0 Å². The van der Waals surface area contributed by atoms with Crippen LogP contribution < -0.4 is 5.32 Å². The van der Waals surface area contributed by atoms with Gasteiger partial charge in [-0.2, -0.15) is 0 Å². The van der Waals surface area contributed by atoms with Crippen molar-refractivity contribution < 1.29 is 14.3 Å². The predicted molar refractivity (Wildman–Crippen MR) is 78.3 cm³/mol. The average molecular weight is 284 g/mol. The lowest BCUT2D eigenvalue weighted by molar-refractivity contribution is -0.143. The molecule has 1 unspecified atom stereocenters. The summed E-state index contributed by atoms with van der Waals surface area (Å²) in [6.07, 6.45) is 4.47. The Kier molecular flexibility index (Phi) is 6.99. The summed E-state index contributed by atoms with van der Waals surface area (Å²) in [5.41, 5.74) is 0. The number of methoxy groups -OCH3 is 1. The van der Waals surface area contributed by atoms with Crippen LogP contribution in [0.4, 0.5) is 0 Å². The normalized spacial score (nSPS) is 17.5. The molecule has 1 atom stereocenters. The van der Waals surface area contributed by atoms with Gasteiger partial charge >= 0.3 is 5.97 Å². The maximum absolute atomic E-state index is 12.1. The van der Waals surface area contributed by atoms with E-state index in [2.05, 4.69) is 19.2 Å². The number of nitrogens with zero attached hydrogens (tertiary/aromatic N) is 1. The summed E-state index contributed by atoms with van der Waals surface area (Å²) in [5, 5.41) is 2.99. The number of carbonyl (C=O) groups excluding carboxylic acids is 2. The van der Waals surface area contributed by atoms with Gasteiger partial charge in [0.1, 0.15) is 0 Å². The molecule has 0 aromatic carbocycles. The highest BCUT2D eigenvalue weighted by atomic mass is 16.5. The van der Waals surface area contributed by atoms with Gasteiger partial charge in [-0.1, -0.05) is 26.7 Å². The zero-order valence-corrected chi connectivity index (χ0v) is 13.1. The molecule has 20 heavy (non-hydrogen) atoms. The van der Waals surface area contributed by atoms with Crippen molar-refractivity contribution in [3.05, 3.63) is 0 Å². The lowest BCUT2D eigenvalue weighted by Gasteiger charge is -2.28. The predicted octanol–water partition coefficient (Wildman–Crippen LogP) is 1.56. The van der Waals surface area contributed by atoms with Crippen LogP contribution >= 0.6 is 0 Å². The van der Waals surface area contributed by atoms with Crippen molar-refractivity contribution in [2.75, 3.05) is 20.2 Å². The SMILES string of the molecule is COC(=O)CN(CC(=O)NC(C)C(C)C)C1CCCC1. The second kappa shape index (κ2) is 8.25. The largest absolute Gasteiger partial charge is 0.468 e. The van der Waals surface area contributed by atoms with E-state index in [4.69, 9.17) is 4.74 Å². The molecule has 1 aliphatic rings. The summed E-state index contributed by atoms with van der Waals surface area (Å²) in [7, 11) is 1.38. The van der Waals surface area contributed by atoms with Crippen LogP contribution in [0.2, 0.25) is 0 Å². The quantitative estimate of drug-likeness (QED) is 0.721. The minimum Gasteiger partial charge on any atom is -0.468 e. The third-order valence-electron chi connectivity index (χ3n) is 4.14. The molecule has 1 rings (SSSR count). The van der Waals surface area contributed by atoms with Gasteiger partial charge < -0.3 is 10.1 Å². The van der Waals surface area contributed by atoms with Gasteiger partial charge in [-0.25, -0.2) is 0 Å². The van der Waals surface area contributed by atoms with Crippen molar-refractivity contribution in [2.24, 2.45) is 5.92 Å². The van der Waals surface area contributed by atoms with Gasteiger partial charge in [0, 0.05) is 12.1 Å². The average Bonchev–Trinajstić information content (AvgIpc) is 2.91. The lowest BCUT2D eigenvalue weighted by Crippen LogP contribution is -2.47. The van der Waals surface area contributed by atoms with Crippen LogP contribution in [0.3, 0.4) is 0 Å². The molecule has 0 heterocycles. The van der Waals surface area contributed by atoms with E-state index in [-0.39, 0.29) is 31.0 Å². The highest BCUT2D eigenvalue weighted by Crippen LogP contribution is 2.23. The molecular weight excluding hydrogens is 256 g/mol.